The Labute approximate surface area is 129 Å². The van der Waals surface area contributed by atoms with Crippen molar-refractivity contribution in [3.63, 3.8) is 0 Å². The Balaban J connectivity index is 1.42. The van der Waals surface area contributed by atoms with Crippen molar-refractivity contribution in [1.29, 1.82) is 0 Å². The zero-order valence-electron chi connectivity index (χ0n) is 12.6. The molecule has 22 heavy (non-hydrogen) atoms. The first-order chi connectivity index (χ1) is 10.8. The number of anilines is 1. The van der Waals surface area contributed by atoms with E-state index >= 15 is 0 Å². The van der Waals surface area contributed by atoms with Crippen molar-refractivity contribution in [2.45, 2.75) is 38.0 Å². The Hall–Kier alpha value is -1.88. The Bertz CT molecular complexity index is 684. The van der Waals surface area contributed by atoms with Gasteiger partial charge in [0.2, 0.25) is 5.91 Å². The molecular formula is C17H21N3O2. The van der Waals surface area contributed by atoms with E-state index in [4.69, 9.17) is 4.42 Å². The second kappa shape index (κ2) is 5.72. The van der Waals surface area contributed by atoms with E-state index in [0.29, 0.717) is 18.3 Å². The van der Waals surface area contributed by atoms with Crippen LogP contribution < -0.4 is 10.6 Å². The van der Waals surface area contributed by atoms with Gasteiger partial charge in [-0.3, -0.25) is 4.79 Å². The maximum atomic E-state index is 12.2. The van der Waals surface area contributed by atoms with E-state index in [0.717, 1.165) is 48.6 Å². The molecule has 1 aliphatic heterocycles. The summed E-state index contributed by atoms with van der Waals surface area (Å²) in [7, 11) is 0. The van der Waals surface area contributed by atoms with Gasteiger partial charge in [-0.25, -0.2) is 4.98 Å². The second-order valence-electron chi connectivity index (χ2n) is 6.45. The maximum Gasteiger partial charge on any atom is 0.224 e. The number of aromatic nitrogens is 1. The monoisotopic (exact) mass is 299 g/mol. The SMILES string of the molecule is O=C(CC1CCNCC1)Nc1ccc2oc(C3CC3)nc2c1. The third-order valence-electron chi connectivity index (χ3n) is 4.55. The lowest BCUT2D eigenvalue weighted by Crippen LogP contribution is -2.30. The molecule has 2 fully saturated rings. The van der Waals surface area contributed by atoms with Gasteiger partial charge in [-0.15, -0.1) is 0 Å². The molecule has 1 aromatic carbocycles. The molecule has 1 saturated carbocycles. The molecule has 2 aromatic rings. The Kier molecular flexibility index (Phi) is 3.58. The van der Waals surface area contributed by atoms with Crippen molar-refractivity contribution in [3.8, 4) is 0 Å². The van der Waals surface area contributed by atoms with Crippen LogP contribution in [0.3, 0.4) is 0 Å². The Morgan fingerprint density at radius 2 is 2.09 bits per heavy atom. The van der Waals surface area contributed by atoms with Crippen molar-refractivity contribution in [1.82, 2.24) is 10.3 Å². The number of nitrogens with zero attached hydrogens (tertiary/aromatic N) is 1. The Morgan fingerprint density at radius 3 is 2.86 bits per heavy atom. The molecule has 0 bridgehead atoms. The fraction of sp³-hybridized carbons (Fsp3) is 0.529. The minimum atomic E-state index is 0.0946. The Morgan fingerprint density at radius 1 is 1.27 bits per heavy atom. The number of carbonyl (C=O) groups excluding carboxylic acids is 1. The molecule has 0 unspecified atom stereocenters. The van der Waals surface area contributed by atoms with Crippen LogP contribution in [0.5, 0.6) is 0 Å². The number of fused-ring (bicyclic) bond motifs is 1. The summed E-state index contributed by atoms with van der Waals surface area (Å²) in [5.41, 5.74) is 2.45. The van der Waals surface area contributed by atoms with E-state index in [9.17, 15) is 4.79 Å². The molecule has 116 valence electrons. The van der Waals surface area contributed by atoms with Gasteiger partial charge in [-0.2, -0.15) is 0 Å². The number of rotatable bonds is 4. The van der Waals surface area contributed by atoms with Gasteiger partial charge in [0.05, 0.1) is 0 Å². The highest BCUT2D eigenvalue weighted by Crippen LogP contribution is 2.40. The second-order valence-corrected chi connectivity index (χ2v) is 6.45. The normalized spacial score (nSPS) is 19.5. The summed E-state index contributed by atoms with van der Waals surface area (Å²) in [4.78, 5) is 16.7. The van der Waals surface area contributed by atoms with Crippen LogP contribution in [0, 0.1) is 5.92 Å². The summed E-state index contributed by atoms with van der Waals surface area (Å²) < 4.78 is 5.74. The molecule has 0 radical (unpaired) electrons. The maximum absolute atomic E-state index is 12.2. The van der Waals surface area contributed by atoms with E-state index in [1.54, 1.807) is 0 Å². The average molecular weight is 299 g/mol. The molecule has 1 aliphatic carbocycles. The minimum Gasteiger partial charge on any atom is -0.440 e. The smallest absolute Gasteiger partial charge is 0.224 e. The van der Waals surface area contributed by atoms with Crippen LogP contribution in [0.15, 0.2) is 22.6 Å². The first-order valence-electron chi connectivity index (χ1n) is 8.19. The van der Waals surface area contributed by atoms with E-state index in [2.05, 4.69) is 15.6 Å². The number of benzene rings is 1. The largest absolute Gasteiger partial charge is 0.440 e. The van der Waals surface area contributed by atoms with Crippen LogP contribution in [-0.2, 0) is 4.79 Å². The molecule has 2 heterocycles. The number of piperidine rings is 1. The summed E-state index contributed by atoms with van der Waals surface area (Å²) in [5.74, 6) is 1.94. The van der Waals surface area contributed by atoms with Gasteiger partial charge >= 0.3 is 0 Å². The summed E-state index contributed by atoms with van der Waals surface area (Å²) in [6.45, 7) is 2.04. The highest BCUT2D eigenvalue weighted by Gasteiger charge is 2.28. The number of hydrogen-bond donors (Lipinski definition) is 2. The van der Waals surface area contributed by atoms with Crippen LogP contribution in [0.25, 0.3) is 11.1 Å². The molecule has 4 rings (SSSR count). The topological polar surface area (TPSA) is 67.2 Å². The van der Waals surface area contributed by atoms with Crippen molar-refractivity contribution in [2.24, 2.45) is 5.92 Å². The first-order valence-corrected chi connectivity index (χ1v) is 8.19. The van der Waals surface area contributed by atoms with E-state index in [1.165, 1.54) is 12.8 Å². The zero-order valence-corrected chi connectivity index (χ0v) is 12.6. The van der Waals surface area contributed by atoms with Crippen molar-refractivity contribution in [3.05, 3.63) is 24.1 Å². The summed E-state index contributed by atoms with van der Waals surface area (Å²) in [6.07, 6.45) is 5.12. The minimum absolute atomic E-state index is 0.0946. The van der Waals surface area contributed by atoms with Crippen molar-refractivity contribution in [2.75, 3.05) is 18.4 Å². The fourth-order valence-corrected chi connectivity index (χ4v) is 3.09. The summed E-state index contributed by atoms with van der Waals surface area (Å²) in [5, 5.41) is 6.32. The third-order valence-corrected chi connectivity index (χ3v) is 4.55. The van der Waals surface area contributed by atoms with Gasteiger partial charge in [0.25, 0.3) is 0 Å². The van der Waals surface area contributed by atoms with Crippen LogP contribution in [0.1, 0.15) is 43.9 Å². The van der Waals surface area contributed by atoms with Crippen LogP contribution in [-0.4, -0.2) is 24.0 Å². The van der Waals surface area contributed by atoms with Gasteiger partial charge in [0, 0.05) is 18.0 Å². The molecule has 1 amide bonds. The van der Waals surface area contributed by atoms with E-state index < -0.39 is 0 Å². The number of hydrogen-bond acceptors (Lipinski definition) is 4. The average Bonchev–Trinajstić information content (AvgIpc) is 3.28. The molecule has 1 saturated heterocycles. The van der Waals surface area contributed by atoms with Gasteiger partial charge in [-0.05, 0) is 62.9 Å². The molecule has 0 atom stereocenters. The lowest BCUT2D eigenvalue weighted by Gasteiger charge is -2.21. The standard InChI is InChI=1S/C17H21N3O2/c21-16(9-11-5-7-18-8-6-11)19-13-3-4-15-14(10-13)20-17(22-15)12-1-2-12/h3-4,10-12,18H,1-2,5-9H2,(H,19,21). The first kappa shape index (κ1) is 13.8. The number of amides is 1. The fourth-order valence-electron chi connectivity index (χ4n) is 3.09. The molecule has 1 aromatic heterocycles. The number of carbonyl (C=O) groups is 1. The number of oxazole rings is 1. The third kappa shape index (κ3) is 2.99. The van der Waals surface area contributed by atoms with Gasteiger partial charge in [0.1, 0.15) is 5.52 Å². The zero-order chi connectivity index (χ0) is 14.9. The summed E-state index contributed by atoms with van der Waals surface area (Å²) >= 11 is 0. The molecular weight excluding hydrogens is 278 g/mol. The van der Waals surface area contributed by atoms with E-state index in [-0.39, 0.29) is 5.91 Å². The number of nitrogens with one attached hydrogen (secondary N) is 2. The lowest BCUT2D eigenvalue weighted by atomic mass is 9.94. The van der Waals surface area contributed by atoms with Crippen molar-refractivity contribution < 1.29 is 9.21 Å². The van der Waals surface area contributed by atoms with Crippen LogP contribution in [0.4, 0.5) is 5.69 Å². The highest BCUT2D eigenvalue weighted by atomic mass is 16.3. The predicted octanol–water partition coefficient (Wildman–Crippen LogP) is 3.03. The van der Waals surface area contributed by atoms with Crippen LogP contribution in [0.2, 0.25) is 0 Å². The van der Waals surface area contributed by atoms with Crippen LogP contribution >= 0.6 is 0 Å². The van der Waals surface area contributed by atoms with Gasteiger partial charge in [0.15, 0.2) is 11.5 Å². The summed E-state index contributed by atoms with van der Waals surface area (Å²) in [6, 6.07) is 5.70. The highest BCUT2D eigenvalue weighted by molar-refractivity contribution is 5.92. The predicted molar refractivity (Wildman–Crippen MR) is 84.8 cm³/mol. The molecule has 0 spiro atoms. The van der Waals surface area contributed by atoms with Gasteiger partial charge in [-0.1, -0.05) is 0 Å². The molecule has 5 heteroatoms. The van der Waals surface area contributed by atoms with E-state index in [1.807, 2.05) is 18.2 Å². The molecule has 2 aliphatic rings. The molecule has 2 N–H and O–H groups in total. The van der Waals surface area contributed by atoms with Gasteiger partial charge < -0.3 is 15.1 Å². The van der Waals surface area contributed by atoms with Crippen molar-refractivity contribution >= 4 is 22.7 Å². The molecule has 5 nitrogen and oxygen atoms in total. The lowest BCUT2D eigenvalue weighted by molar-refractivity contribution is -0.117. The quantitative estimate of drug-likeness (QED) is 0.910.